The number of unbranched alkanes of at least 4 members (excludes halogenated alkanes) is 13. The molecule has 0 aliphatic heterocycles. The number of pyridine rings is 1. The number of nitrogens with zero attached hydrogens (tertiary/aromatic N) is 4. The first-order valence-electron chi connectivity index (χ1n) is 17.6. The Morgan fingerprint density at radius 2 is 1.53 bits per heavy atom. The van der Waals surface area contributed by atoms with Gasteiger partial charge in [-0.15, -0.1) is 0 Å². The first-order chi connectivity index (χ1) is 23.0. The van der Waals surface area contributed by atoms with E-state index in [0.29, 0.717) is 12.4 Å². The minimum atomic E-state index is -0.783. The van der Waals surface area contributed by atoms with Gasteiger partial charge in [0.05, 0.1) is 0 Å². The summed E-state index contributed by atoms with van der Waals surface area (Å²) in [6, 6.07) is 8.94. The molecule has 0 bridgehead atoms. The van der Waals surface area contributed by atoms with Gasteiger partial charge in [-0.3, -0.25) is 4.79 Å². The van der Waals surface area contributed by atoms with Crippen molar-refractivity contribution in [1.82, 2.24) is 15.2 Å². The zero-order valence-corrected chi connectivity index (χ0v) is 28.7. The maximum Gasteiger partial charge on any atom is 0.417 e. The van der Waals surface area contributed by atoms with Crippen molar-refractivity contribution in [3.63, 3.8) is 0 Å². The third kappa shape index (κ3) is 15.0. The Labute approximate surface area is 279 Å². The van der Waals surface area contributed by atoms with Crippen molar-refractivity contribution in [3.05, 3.63) is 54.2 Å². The molecular weight excluding hydrogens is 600 g/mol. The summed E-state index contributed by atoms with van der Waals surface area (Å²) in [6.45, 7) is 6.17. The first kappa shape index (κ1) is 37.6. The van der Waals surface area contributed by atoms with Gasteiger partial charge in [0.15, 0.2) is 12.3 Å². The molecule has 3 aromatic rings. The second-order valence-corrected chi connectivity index (χ2v) is 12.0. The molecule has 11 nitrogen and oxygen atoms in total. The van der Waals surface area contributed by atoms with Gasteiger partial charge in [0.1, 0.15) is 38.3 Å². The van der Waals surface area contributed by atoms with E-state index in [1.165, 1.54) is 90.2 Å². The van der Waals surface area contributed by atoms with Gasteiger partial charge in [-0.25, -0.2) is 14.3 Å². The van der Waals surface area contributed by atoms with Gasteiger partial charge in [-0.05, 0) is 23.7 Å². The lowest BCUT2D eigenvalue weighted by atomic mass is 10.0. The van der Waals surface area contributed by atoms with Crippen molar-refractivity contribution in [2.45, 2.75) is 136 Å². The Hall–Kier alpha value is -3.89. The summed E-state index contributed by atoms with van der Waals surface area (Å²) >= 11 is 0. The zero-order chi connectivity index (χ0) is 33.5. The van der Waals surface area contributed by atoms with Crippen LogP contribution in [-0.2, 0) is 29.0 Å². The van der Waals surface area contributed by atoms with Crippen LogP contribution in [0.5, 0.6) is 11.8 Å². The van der Waals surface area contributed by atoms with E-state index in [1.807, 2.05) is 35.9 Å². The molecule has 2 amide bonds. The smallest absolute Gasteiger partial charge is 0.417 e. The first-order valence-corrected chi connectivity index (χ1v) is 17.6. The van der Waals surface area contributed by atoms with Crippen LogP contribution in [0.4, 0.5) is 4.79 Å². The molecule has 0 aromatic carbocycles. The fourth-order valence-corrected chi connectivity index (χ4v) is 5.37. The van der Waals surface area contributed by atoms with E-state index in [9.17, 15) is 9.59 Å². The standard InChI is InChI=1S/C36H55N4O7/c1-4-6-7-8-9-10-11-12-13-14-15-16-17-18-22-32-26-35(38-47-32)43-28-33(46-34-23-25-45-37-34)29-44-36(42)40(30(3)41)27-31-21-19-20-24-39(31)5-2/h19-21,23-26,33H,4-18,22,27-29H2,1-3H3/q+1. The molecule has 0 radical (unpaired) electrons. The molecule has 1 unspecified atom stereocenters. The second-order valence-electron chi connectivity index (χ2n) is 12.0. The van der Waals surface area contributed by atoms with E-state index >= 15 is 0 Å². The third-order valence-corrected chi connectivity index (χ3v) is 8.12. The number of hydrogen-bond acceptors (Lipinski definition) is 9. The van der Waals surface area contributed by atoms with E-state index in [2.05, 4.69) is 17.2 Å². The zero-order valence-electron chi connectivity index (χ0n) is 28.7. The molecular formula is C36H55N4O7+. The van der Waals surface area contributed by atoms with Crippen LogP contribution >= 0.6 is 0 Å². The SMILES string of the molecule is CCCCCCCCCCCCCCCCc1cc(OCC(COC(=O)N(Cc2cccc[n+]2CC)C(C)=O)Oc2ccon2)no1. The normalized spacial score (nSPS) is 11.7. The Morgan fingerprint density at radius 3 is 2.15 bits per heavy atom. The maximum absolute atomic E-state index is 13.0. The summed E-state index contributed by atoms with van der Waals surface area (Å²) < 4.78 is 29.4. The van der Waals surface area contributed by atoms with E-state index < -0.39 is 18.1 Å². The van der Waals surface area contributed by atoms with Gasteiger partial charge in [0.2, 0.25) is 11.6 Å². The summed E-state index contributed by atoms with van der Waals surface area (Å²) in [5.74, 6) is 0.872. The van der Waals surface area contributed by atoms with E-state index in [1.54, 1.807) is 12.1 Å². The molecule has 11 heteroatoms. The molecule has 0 fully saturated rings. The fraction of sp³-hybridized carbons (Fsp3) is 0.639. The minimum absolute atomic E-state index is 0.000435. The monoisotopic (exact) mass is 655 g/mol. The molecule has 0 saturated carbocycles. The number of hydrogen-bond donors (Lipinski definition) is 0. The number of carbonyl (C=O) groups excluding carboxylic acids is 2. The van der Waals surface area contributed by atoms with Crippen LogP contribution in [-0.4, -0.2) is 46.5 Å². The Kier molecular flexibility index (Phi) is 18.1. The van der Waals surface area contributed by atoms with Crippen molar-refractivity contribution in [2.24, 2.45) is 0 Å². The number of aromatic nitrogens is 3. The highest BCUT2D eigenvalue weighted by Crippen LogP contribution is 2.18. The topological polar surface area (TPSA) is 121 Å². The van der Waals surface area contributed by atoms with Gasteiger partial charge in [-0.2, -0.15) is 0 Å². The number of rotatable bonds is 25. The Bertz CT molecular complexity index is 1260. The lowest BCUT2D eigenvalue weighted by Gasteiger charge is -2.21. The van der Waals surface area contributed by atoms with Gasteiger partial charge in [0.25, 0.3) is 11.8 Å². The largest absolute Gasteiger partial charge is 0.471 e. The summed E-state index contributed by atoms with van der Waals surface area (Å²) in [7, 11) is 0. The van der Waals surface area contributed by atoms with Crippen LogP contribution in [0.25, 0.3) is 0 Å². The molecule has 3 heterocycles. The van der Waals surface area contributed by atoms with E-state index in [4.69, 9.17) is 23.3 Å². The number of amides is 2. The van der Waals surface area contributed by atoms with Crippen molar-refractivity contribution >= 4 is 12.0 Å². The molecule has 0 aliphatic rings. The lowest BCUT2D eigenvalue weighted by Crippen LogP contribution is -2.44. The minimum Gasteiger partial charge on any atom is -0.471 e. The number of imide groups is 1. The highest BCUT2D eigenvalue weighted by atomic mass is 16.6. The molecule has 47 heavy (non-hydrogen) atoms. The summed E-state index contributed by atoms with van der Waals surface area (Å²) in [6.07, 6.45) is 21.0. The fourth-order valence-electron chi connectivity index (χ4n) is 5.37. The number of aryl methyl sites for hydroxylation is 2. The number of ether oxygens (including phenoxy) is 3. The number of carbonyl (C=O) groups is 2. The van der Waals surface area contributed by atoms with E-state index in [0.717, 1.165) is 35.6 Å². The molecule has 0 spiro atoms. The molecule has 260 valence electrons. The average molecular weight is 656 g/mol. The van der Waals surface area contributed by atoms with Crippen LogP contribution in [0.15, 0.2) is 51.8 Å². The summed E-state index contributed by atoms with van der Waals surface area (Å²) in [4.78, 5) is 26.4. The van der Waals surface area contributed by atoms with Gasteiger partial charge >= 0.3 is 6.09 Å². The molecule has 3 rings (SSSR count). The van der Waals surface area contributed by atoms with Crippen molar-refractivity contribution < 1.29 is 37.4 Å². The summed E-state index contributed by atoms with van der Waals surface area (Å²) in [5, 5.41) is 7.80. The average Bonchev–Trinajstić information content (AvgIpc) is 3.77. The molecule has 0 N–H and O–H groups in total. The van der Waals surface area contributed by atoms with Crippen LogP contribution in [0, 0.1) is 0 Å². The Balaban J connectivity index is 1.36. The molecule has 0 aliphatic carbocycles. The van der Waals surface area contributed by atoms with Crippen LogP contribution < -0.4 is 14.0 Å². The second kappa shape index (κ2) is 22.6. The van der Waals surface area contributed by atoms with Crippen molar-refractivity contribution in [1.29, 1.82) is 0 Å². The summed E-state index contributed by atoms with van der Waals surface area (Å²) in [5.41, 5.74) is 0.803. The highest BCUT2D eigenvalue weighted by Gasteiger charge is 2.26. The predicted molar refractivity (Wildman–Crippen MR) is 177 cm³/mol. The van der Waals surface area contributed by atoms with E-state index in [-0.39, 0.29) is 25.6 Å². The van der Waals surface area contributed by atoms with Crippen LogP contribution in [0.1, 0.15) is 122 Å². The van der Waals surface area contributed by atoms with Gasteiger partial charge < -0.3 is 23.3 Å². The van der Waals surface area contributed by atoms with Crippen molar-refractivity contribution in [2.75, 3.05) is 13.2 Å². The molecule has 0 saturated heterocycles. The third-order valence-electron chi connectivity index (χ3n) is 8.12. The maximum atomic E-state index is 13.0. The molecule has 1 atom stereocenters. The lowest BCUT2D eigenvalue weighted by molar-refractivity contribution is -0.701. The van der Waals surface area contributed by atoms with Gasteiger partial charge in [0, 0.05) is 37.6 Å². The van der Waals surface area contributed by atoms with Gasteiger partial charge in [-0.1, -0.05) is 96.5 Å². The molecule has 3 aromatic heterocycles. The van der Waals surface area contributed by atoms with Crippen molar-refractivity contribution in [3.8, 4) is 11.8 Å². The van der Waals surface area contributed by atoms with Crippen LogP contribution in [0.2, 0.25) is 0 Å². The van der Waals surface area contributed by atoms with Crippen LogP contribution in [0.3, 0.4) is 0 Å². The predicted octanol–water partition coefficient (Wildman–Crippen LogP) is 8.01. The Morgan fingerprint density at radius 1 is 0.851 bits per heavy atom. The quantitative estimate of drug-likeness (QED) is 0.0660. The highest BCUT2D eigenvalue weighted by molar-refractivity contribution is 5.90.